The summed E-state index contributed by atoms with van der Waals surface area (Å²) in [5.41, 5.74) is 9.51. The molecule has 166 valence electrons. The fourth-order valence-corrected chi connectivity index (χ4v) is 3.54. The maximum absolute atomic E-state index is 13.0. The van der Waals surface area contributed by atoms with Crippen LogP contribution in [-0.2, 0) is 4.79 Å². The van der Waals surface area contributed by atoms with Crippen molar-refractivity contribution in [2.45, 2.75) is 18.9 Å². The third-order valence-corrected chi connectivity index (χ3v) is 5.53. The quantitative estimate of drug-likeness (QED) is 0.304. The van der Waals surface area contributed by atoms with E-state index in [4.69, 9.17) is 15.2 Å². The second kappa shape index (κ2) is 8.70. The molecule has 0 radical (unpaired) electrons. The van der Waals surface area contributed by atoms with Gasteiger partial charge in [-0.3, -0.25) is 9.59 Å². The Balaban J connectivity index is 1.39. The van der Waals surface area contributed by atoms with E-state index in [9.17, 15) is 9.59 Å². The molecule has 7 nitrogen and oxygen atoms in total. The lowest BCUT2D eigenvalue weighted by molar-refractivity contribution is -0.115. The Morgan fingerprint density at radius 2 is 1.64 bits per heavy atom. The molecule has 3 aromatic rings. The molecular formula is C26H23N3O4. The Hall–Kier alpha value is -4.26. The van der Waals surface area contributed by atoms with Crippen LogP contribution in [0.25, 0.3) is 11.6 Å². The molecule has 3 aromatic carbocycles. The zero-order valence-electron chi connectivity index (χ0n) is 17.8. The van der Waals surface area contributed by atoms with Crippen molar-refractivity contribution in [1.82, 2.24) is 5.32 Å². The molecule has 0 aromatic heterocycles. The Kier molecular flexibility index (Phi) is 5.44. The Labute approximate surface area is 191 Å². The summed E-state index contributed by atoms with van der Waals surface area (Å²) >= 11 is 0. The van der Waals surface area contributed by atoms with Crippen LogP contribution in [0.1, 0.15) is 34.3 Å². The number of fused-ring (bicyclic) bond motifs is 1. The van der Waals surface area contributed by atoms with E-state index in [0.29, 0.717) is 34.0 Å². The average molecular weight is 441 g/mol. The summed E-state index contributed by atoms with van der Waals surface area (Å²) < 4.78 is 10.9. The standard InChI is InChI=1S/C26H23N3O4/c27-21-3-1-2-4-22(21)29-25(30)17-7-5-16(6-8-17)13-20(26(31)28-19-10-11-19)18-9-12-23-24(14-18)33-15-32-23/h1-9,12-14,19H,10-11,15,27H2,(H,28,31)(H,29,30)/b20-13+. The van der Waals surface area contributed by atoms with Crippen molar-refractivity contribution < 1.29 is 19.1 Å². The van der Waals surface area contributed by atoms with Crippen molar-refractivity contribution in [2.24, 2.45) is 0 Å². The minimum atomic E-state index is -0.258. The summed E-state index contributed by atoms with van der Waals surface area (Å²) in [4.78, 5) is 25.6. The van der Waals surface area contributed by atoms with Crippen LogP contribution < -0.4 is 25.8 Å². The number of amides is 2. The van der Waals surface area contributed by atoms with E-state index in [2.05, 4.69) is 10.6 Å². The van der Waals surface area contributed by atoms with Gasteiger partial charge in [-0.1, -0.05) is 30.3 Å². The third kappa shape index (κ3) is 4.67. The van der Waals surface area contributed by atoms with Crippen LogP contribution in [-0.4, -0.2) is 24.6 Å². The van der Waals surface area contributed by atoms with Crippen molar-refractivity contribution in [3.63, 3.8) is 0 Å². The van der Waals surface area contributed by atoms with E-state index < -0.39 is 0 Å². The summed E-state index contributed by atoms with van der Waals surface area (Å²) in [5, 5.41) is 5.86. The molecular weight excluding hydrogens is 418 g/mol. The first-order valence-electron chi connectivity index (χ1n) is 10.8. The maximum atomic E-state index is 13.0. The molecule has 33 heavy (non-hydrogen) atoms. The van der Waals surface area contributed by atoms with Gasteiger partial charge in [0.2, 0.25) is 6.79 Å². The minimum absolute atomic E-state index is 0.141. The summed E-state index contributed by atoms with van der Waals surface area (Å²) in [6.45, 7) is 0.171. The largest absolute Gasteiger partial charge is 0.454 e. The number of para-hydroxylation sites is 2. The molecule has 2 amide bonds. The van der Waals surface area contributed by atoms with Crippen molar-refractivity contribution in [3.8, 4) is 11.5 Å². The van der Waals surface area contributed by atoms with Crippen LogP contribution >= 0.6 is 0 Å². The number of hydrogen-bond acceptors (Lipinski definition) is 5. The SMILES string of the molecule is Nc1ccccc1NC(=O)c1ccc(/C=C(/C(=O)NC2CC2)c2ccc3c(c2)OCO3)cc1. The Morgan fingerprint density at radius 3 is 2.39 bits per heavy atom. The van der Waals surface area contributed by atoms with Crippen LogP contribution in [0.3, 0.4) is 0 Å². The number of nitrogens with one attached hydrogen (secondary N) is 2. The number of hydrogen-bond donors (Lipinski definition) is 3. The van der Waals surface area contributed by atoms with Crippen molar-refractivity contribution in [2.75, 3.05) is 17.8 Å². The zero-order chi connectivity index (χ0) is 22.8. The number of rotatable bonds is 6. The predicted molar refractivity (Wildman–Crippen MR) is 127 cm³/mol. The van der Waals surface area contributed by atoms with Crippen LogP contribution in [0, 0.1) is 0 Å². The topological polar surface area (TPSA) is 103 Å². The lowest BCUT2D eigenvalue weighted by atomic mass is 10.0. The number of anilines is 2. The molecule has 1 saturated carbocycles. The van der Waals surface area contributed by atoms with Crippen molar-refractivity contribution in [1.29, 1.82) is 0 Å². The van der Waals surface area contributed by atoms with Gasteiger partial charge in [-0.2, -0.15) is 0 Å². The smallest absolute Gasteiger partial charge is 0.255 e. The fraction of sp³-hybridized carbons (Fsp3) is 0.154. The molecule has 7 heteroatoms. The first-order chi connectivity index (χ1) is 16.1. The van der Waals surface area contributed by atoms with Gasteiger partial charge in [0, 0.05) is 17.2 Å². The van der Waals surface area contributed by atoms with Gasteiger partial charge >= 0.3 is 0 Å². The van der Waals surface area contributed by atoms with E-state index in [1.165, 1.54) is 0 Å². The van der Waals surface area contributed by atoms with E-state index in [-0.39, 0.29) is 24.6 Å². The van der Waals surface area contributed by atoms with Crippen LogP contribution in [0.15, 0.2) is 66.7 Å². The van der Waals surface area contributed by atoms with Gasteiger partial charge in [0.1, 0.15) is 0 Å². The van der Waals surface area contributed by atoms with E-state index in [1.54, 1.807) is 42.5 Å². The highest BCUT2D eigenvalue weighted by Crippen LogP contribution is 2.35. The summed E-state index contributed by atoms with van der Waals surface area (Å²) in [7, 11) is 0. The molecule has 0 atom stereocenters. The number of nitrogen functional groups attached to an aromatic ring is 1. The lowest BCUT2D eigenvalue weighted by Gasteiger charge is -2.11. The Bertz CT molecular complexity index is 1250. The number of nitrogens with two attached hydrogens (primary N) is 1. The van der Waals surface area contributed by atoms with Gasteiger partial charge in [0.15, 0.2) is 11.5 Å². The van der Waals surface area contributed by atoms with Gasteiger partial charge in [-0.25, -0.2) is 0 Å². The van der Waals surface area contributed by atoms with Crippen LogP contribution in [0.2, 0.25) is 0 Å². The number of ether oxygens (including phenoxy) is 2. The second-order valence-electron chi connectivity index (χ2n) is 8.04. The van der Waals surface area contributed by atoms with Gasteiger partial charge in [-0.05, 0) is 66.4 Å². The van der Waals surface area contributed by atoms with Gasteiger partial charge in [0.25, 0.3) is 11.8 Å². The summed E-state index contributed by atoms with van der Waals surface area (Å²) in [6, 6.07) is 19.8. The monoisotopic (exact) mass is 441 g/mol. The second-order valence-corrected chi connectivity index (χ2v) is 8.04. The number of benzene rings is 3. The molecule has 4 N–H and O–H groups in total. The van der Waals surface area contributed by atoms with Crippen molar-refractivity contribution in [3.05, 3.63) is 83.4 Å². The van der Waals surface area contributed by atoms with Crippen LogP contribution in [0.4, 0.5) is 11.4 Å². The molecule has 1 aliphatic carbocycles. The molecule has 2 aliphatic rings. The molecule has 0 unspecified atom stereocenters. The van der Waals surface area contributed by atoms with E-state index >= 15 is 0 Å². The predicted octanol–water partition coefficient (Wildman–Crippen LogP) is 4.07. The highest BCUT2D eigenvalue weighted by atomic mass is 16.7. The molecule has 0 bridgehead atoms. The van der Waals surface area contributed by atoms with Crippen LogP contribution in [0.5, 0.6) is 11.5 Å². The molecule has 1 fully saturated rings. The molecule has 5 rings (SSSR count). The fourth-order valence-electron chi connectivity index (χ4n) is 3.54. The Morgan fingerprint density at radius 1 is 0.909 bits per heavy atom. The highest BCUT2D eigenvalue weighted by Gasteiger charge is 2.26. The molecule has 1 heterocycles. The molecule has 1 aliphatic heterocycles. The maximum Gasteiger partial charge on any atom is 0.255 e. The highest BCUT2D eigenvalue weighted by molar-refractivity contribution is 6.24. The van der Waals surface area contributed by atoms with Gasteiger partial charge in [-0.15, -0.1) is 0 Å². The summed E-state index contributed by atoms with van der Waals surface area (Å²) in [5.74, 6) is 0.878. The zero-order valence-corrected chi connectivity index (χ0v) is 17.8. The van der Waals surface area contributed by atoms with Crippen molar-refractivity contribution >= 4 is 34.8 Å². The average Bonchev–Trinajstić information content (AvgIpc) is 3.51. The number of carbonyl (C=O) groups excluding carboxylic acids is 2. The first kappa shape index (κ1) is 20.6. The lowest BCUT2D eigenvalue weighted by Crippen LogP contribution is -2.26. The van der Waals surface area contributed by atoms with Gasteiger partial charge < -0.3 is 25.8 Å². The van der Waals surface area contributed by atoms with E-state index in [1.807, 2.05) is 30.3 Å². The third-order valence-electron chi connectivity index (χ3n) is 5.53. The molecule has 0 spiro atoms. The first-order valence-corrected chi connectivity index (χ1v) is 10.8. The van der Waals surface area contributed by atoms with Gasteiger partial charge in [0.05, 0.1) is 11.4 Å². The number of carbonyl (C=O) groups is 2. The normalized spacial score (nSPS) is 14.6. The van der Waals surface area contributed by atoms with E-state index in [0.717, 1.165) is 24.0 Å². The minimum Gasteiger partial charge on any atom is -0.454 e. The summed E-state index contributed by atoms with van der Waals surface area (Å²) in [6.07, 6.45) is 3.80. The molecule has 0 saturated heterocycles.